The number of aromatic amines is 1. The van der Waals surface area contributed by atoms with Crippen LogP contribution in [0.15, 0.2) is 29.4 Å². The zero-order valence-electron chi connectivity index (χ0n) is 11.3. The second-order valence-electron chi connectivity index (χ2n) is 4.32. The summed E-state index contributed by atoms with van der Waals surface area (Å²) in [5.74, 6) is -0.0783. The average molecular weight is 292 g/mol. The van der Waals surface area contributed by atoms with E-state index in [0.29, 0.717) is 11.6 Å². The summed E-state index contributed by atoms with van der Waals surface area (Å²) in [6.45, 7) is 2.02. The van der Waals surface area contributed by atoms with Crippen molar-refractivity contribution in [3.63, 3.8) is 0 Å². The number of nitrogen functional groups attached to an aromatic ring is 1. The number of anilines is 1. The van der Waals surface area contributed by atoms with Gasteiger partial charge in [0.2, 0.25) is 11.1 Å². The van der Waals surface area contributed by atoms with Crippen molar-refractivity contribution in [2.45, 2.75) is 23.8 Å². The first-order valence-electron chi connectivity index (χ1n) is 6.06. The van der Waals surface area contributed by atoms with Gasteiger partial charge < -0.3 is 10.5 Å². The highest BCUT2D eigenvalue weighted by Crippen LogP contribution is 2.24. The molecular formula is C13H16N4O2S. The number of benzene rings is 1. The van der Waals surface area contributed by atoms with Crippen molar-refractivity contribution in [2.75, 3.05) is 12.8 Å². The van der Waals surface area contributed by atoms with Crippen LogP contribution in [0.1, 0.15) is 11.1 Å². The van der Waals surface area contributed by atoms with Crippen molar-refractivity contribution >= 4 is 23.7 Å². The van der Waals surface area contributed by atoms with Crippen LogP contribution in [-0.4, -0.2) is 33.5 Å². The van der Waals surface area contributed by atoms with Crippen LogP contribution in [0.5, 0.6) is 0 Å². The van der Waals surface area contributed by atoms with Crippen LogP contribution in [0.4, 0.5) is 5.95 Å². The molecule has 6 nitrogen and oxygen atoms in total. The molecule has 0 spiro atoms. The smallest absolute Gasteiger partial charge is 0.319 e. The SMILES string of the molecule is COC(=O)C(Cc1ccc(C)cc1)Sc1n[nH]c(N)n1. The lowest BCUT2D eigenvalue weighted by Gasteiger charge is -2.12. The van der Waals surface area contributed by atoms with E-state index in [9.17, 15) is 4.79 Å². The molecule has 0 saturated heterocycles. The zero-order chi connectivity index (χ0) is 14.5. The Balaban J connectivity index is 2.11. The van der Waals surface area contributed by atoms with E-state index in [1.807, 2.05) is 31.2 Å². The molecule has 106 valence electrons. The summed E-state index contributed by atoms with van der Waals surface area (Å²) in [6.07, 6.45) is 0.548. The molecule has 0 aliphatic heterocycles. The number of carbonyl (C=O) groups is 1. The molecule has 2 rings (SSSR count). The third-order valence-electron chi connectivity index (χ3n) is 2.74. The molecule has 0 fully saturated rings. The van der Waals surface area contributed by atoms with Crippen molar-refractivity contribution < 1.29 is 9.53 Å². The lowest BCUT2D eigenvalue weighted by molar-refractivity contribution is -0.139. The first-order valence-corrected chi connectivity index (χ1v) is 6.94. The van der Waals surface area contributed by atoms with E-state index in [-0.39, 0.29) is 11.9 Å². The molecule has 0 radical (unpaired) electrons. The van der Waals surface area contributed by atoms with Crippen LogP contribution >= 0.6 is 11.8 Å². The molecule has 1 atom stereocenters. The Bertz CT molecular complexity index is 582. The molecule has 1 aromatic heterocycles. The number of aromatic nitrogens is 3. The maximum atomic E-state index is 11.9. The number of hydrogen-bond donors (Lipinski definition) is 2. The molecule has 3 N–H and O–H groups in total. The van der Waals surface area contributed by atoms with Gasteiger partial charge >= 0.3 is 5.97 Å². The Kier molecular flexibility index (Phi) is 4.62. The fourth-order valence-electron chi connectivity index (χ4n) is 1.68. The average Bonchev–Trinajstić information content (AvgIpc) is 2.85. The molecule has 0 bridgehead atoms. The summed E-state index contributed by atoms with van der Waals surface area (Å²) in [7, 11) is 1.37. The Labute approximate surface area is 121 Å². The Morgan fingerprint density at radius 2 is 2.15 bits per heavy atom. The van der Waals surface area contributed by atoms with Gasteiger partial charge in [0.15, 0.2) is 0 Å². The number of thioether (sulfide) groups is 1. The molecule has 1 unspecified atom stereocenters. The highest BCUT2D eigenvalue weighted by molar-refractivity contribution is 8.00. The van der Waals surface area contributed by atoms with E-state index in [1.54, 1.807) is 0 Å². The summed E-state index contributed by atoms with van der Waals surface area (Å²) >= 11 is 1.23. The van der Waals surface area contributed by atoms with E-state index in [2.05, 4.69) is 15.2 Å². The van der Waals surface area contributed by atoms with Gasteiger partial charge in [-0.05, 0) is 18.9 Å². The minimum atomic E-state index is -0.405. The number of methoxy groups -OCH3 is 1. The quantitative estimate of drug-likeness (QED) is 0.642. The second-order valence-corrected chi connectivity index (χ2v) is 5.49. The maximum absolute atomic E-state index is 11.9. The minimum absolute atomic E-state index is 0.228. The molecule has 0 aliphatic carbocycles. The van der Waals surface area contributed by atoms with Crippen molar-refractivity contribution in [1.82, 2.24) is 15.2 Å². The molecular weight excluding hydrogens is 276 g/mol. The van der Waals surface area contributed by atoms with Gasteiger partial charge in [-0.25, -0.2) is 5.10 Å². The summed E-state index contributed by atoms with van der Waals surface area (Å²) in [4.78, 5) is 15.8. The zero-order valence-corrected chi connectivity index (χ0v) is 12.1. The van der Waals surface area contributed by atoms with Crippen molar-refractivity contribution in [2.24, 2.45) is 0 Å². The van der Waals surface area contributed by atoms with Crippen LogP contribution in [0.3, 0.4) is 0 Å². The summed E-state index contributed by atoms with van der Waals surface area (Å²) in [6, 6.07) is 8.02. The third kappa shape index (κ3) is 3.74. The number of rotatable bonds is 5. The van der Waals surface area contributed by atoms with Crippen molar-refractivity contribution in [3.05, 3.63) is 35.4 Å². The molecule has 20 heavy (non-hydrogen) atoms. The van der Waals surface area contributed by atoms with Crippen LogP contribution in [0, 0.1) is 6.92 Å². The molecule has 2 aromatic rings. The number of esters is 1. The van der Waals surface area contributed by atoms with Gasteiger partial charge in [-0.3, -0.25) is 4.79 Å². The lowest BCUT2D eigenvalue weighted by Crippen LogP contribution is -2.21. The largest absolute Gasteiger partial charge is 0.468 e. The number of nitrogens with two attached hydrogens (primary N) is 1. The summed E-state index contributed by atoms with van der Waals surface area (Å²) in [5, 5.41) is 6.50. The van der Waals surface area contributed by atoms with E-state index >= 15 is 0 Å². The normalized spacial score (nSPS) is 12.1. The number of nitrogens with zero attached hydrogens (tertiary/aromatic N) is 2. The number of H-pyrrole nitrogens is 1. The van der Waals surface area contributed by atoms with Gasteiger partial charge in [-0.2, -0.15) is 4.98 Å². The molecule has 0 saturated carbocycles. The topological polar surface area (TPSA) is 93.9 Å². The Hall–Kier alpha value is -2.02. The van der Waals surface area contributed by atoms with Crippen molar-refractivity contribution in [3.8, 4) is 0 Å². The van der Waals surface area contributed by atoms with Crippen LogP contribution in [0.25, 0.3) is 0 Å². The van der Waals surface area contributed by atoms with Gasteiger partial charge in [-0.15, -0.1) is 5.10 Å². The molecule has 1 heterocycles. The van der Waals surface area contributed by atoms with Gasteiger partial charge in [0, 0.05) is 0 Å². The fourth-order valence-corrected chi connectivity index (χ4v) is 2.65. The molecule has 1 aromatic carbocycles. The van der Waals surface area contributed by atoms with Gasteiger partial charge in [0.05, 0.1) is 7.11 Å². The first-order chi connectivity index (χ1) is 9.58. The highest BCUT2D eigenvalue weighted by Gasteiger charge is 2.23. The highest BCUT2D eigenvalue weighted by atomic mass is 32.2. The molecule has 0 amide bonds. The maximum Gasteiger partial charge on any atom is 0.319 e. The first kappa shape index (κ1) is 14.4. The number of nitrogens with one attached hydrogen (secondary N) is 1. The second kappa shape index (κ2) is 6.42. The standard InChI is InChI=1S/C13H16N4O2S/c1-8-3-5-9(6-4-8)7-10(11(18)19-2)20-13-15-12(14)16-17-13/h3-6,10H,7H2,1-2H3,(H3,14,15,16,17). The van der Waals surface area contributed by atoms with Gasteiger partial charge in [0.1, 0.15) is 5.25 Å². The van der Waals surface area contributed by atoms with Crippen molar-refractivity contribution in [1.29, 1.82) is 0 Å². The Morgan fingerprint density at radius 3 is 2.70 bits per heavy atom. The minimum Gasteiger partial charge on any atom is -0.468 e. The van der Waals surface area contributed by atoms with Crippen LogP contribution in [0.2, 0.25) is 0 Å². The van der Waals surface area contributed by atoms with Crippen LogP contribution < -0.4 is 5.73 Å². The fraction of sp³-hybridized carbons (Fsp3) is 0.308. The monoisotopic (exact) mass is 292 g/mol. The molecule has 0 aliphatic rings. The summed E-state index contributed by atoms with van der Waals surface area (Å²) in [5.41, 5.74) is 7.71. The van der Waals surface area contributed by atoms with Crippen LogP contribution in [-0.2, 0) is 16.0 Å². The third-order valence-corrected chi connectivity index (χ3v) is 3.77. The van der Waals surface area contributed by atoms with E-state index in [0.717, 1.165) is 5.56 Å². The van der Waals surface area contributed by atoms with E-state index in [4.69, 9.17) is 10.5 Å². The lowest BCUT2D eigenvalue weighted by atomic mass is 10.1. The predicted molar refractivity (Wildman–Crippen MR) is 77.3 cm³/mol. The number of aryl methyl sites for hydroxylation is 1. The summed E-state index contributed by atoms with van der Waals surface area (Å²) < 4.78 is 4.83. The van der Waals surface area contributed by atoms with Gasteiger partial charge in [-0.1, -0.05) is 41.6 Å². The number of ether oxygens (including phenoxy) is 1. The number of carbonyl (C=O) groups excluding carboxylic acids is 1. The molecule has 7 heteroatoms. The predicted octanol–water partition coefficient (Wildman–Crippen LogP) is 1.57. The number of hydrogen-bond acceptors (Lipinski definition) is 6. The van der Waals surface area contributed by atoms with Gasteiger partial charge in [0.25, 0.3) is 0 Å². The van der Waals surface area contributed by atoms with E-state index < -0.39 is 5.25 Å². The Morgan fingerprint density at radius 1 is 1.45 bits per heavy atom. The van der Waals surface area contributed by atoms with E-state index in [1.165, 1.54) is 24.4 Å².